The summed E-state index contributed by atoms with van der Waals surface area (Å²) >= 11 is 0. The van der Waals surface area contributed by atoms with Gasteiger partial charge in [-0.2, -0.15) is 8.42 Å². The lowest BCUT2D eigenvalue weighted by molar-refractivity contribution is 0.216. The average molecular weight is 308 g/mol. The average Bonchev–Trinajstić information content (AvgIpc) is 2.15. The molecule has 11 heteroatoms. The van der Waals surface area contributed by atoms with E-state index in [2.05, 4.69) is 21.9 Å². The zero-order valence-corrected chi connectivity index (χ0v) is 11.9. The van der Waals surface area contributed by atoms with Crippen LogP contribution in [0.5, 0.6) is 0 Å². The molecule has 8 N–H and O–H groups in total. The van der Waals surface area contributed by atoms with Gasteiger partial charge in [-0.1, -0.05) is 12.2 Å². The van der Waals surface area contributed by atoms with Gasteiger partial charge in [-0.25, -0.2) is 4.57 Å². The Balaban J connectivity index is -0.0000000980. The molecule has 0 saturated carbocycles. The normalized spacial score (nSPS) is 9.94. The van der Waals surface area contributed by atoms with E-state index in [1.165, 1.54) is 12.2 Å². The Kier molecular flexibility index (Phi) is 18.6. The Morgan fingerprint density at radius 3 is 1.78 bits per heavy atom. The molecule has 0 unspecified atom stereocenters. The minimum atomic E-state index is -4.25. The first-order chi connectivity index (χ1) is 7.18. The number of rotatable bonds is 6. The first-order valence-electron chi connectivity index (χ1n) is 3.88. The van der Waals surface area contributed by atoms with Crippen LogP contribution in [0.25, 0.3) is 0 Å². The minimum absolute atomic E-state index is 0. The summed E-state index contributed by atoms with van der Waals surface area (Å²) in [5.74, 6) is -0.122. The Hall–Kier alpha value is -0.580. The molecule has 0 atom stereocenters. The molecule has 0 spiro atoms. The SMILES string of the molecule is C=CCOP(=O)(O)O.C=CCS(=O)(=O)OC.N.N. The van der Waals surface area contributed by atoms with Crippen molar-refractivity contribution in [1.29, 1.82) is 0 Å². The molecular weight excluding hydrogens is 287 g/mol. The van der Waals surface area contributed by atoms with Gasteiger partial charge in [-0.05, 0) is 0 Å². The Labute approximate surface area is 107 Å². The molecule has 0 bridgehead atoms. The van der Waals surface area contributed by atoms with E-state index < -0.39 is 17.9 Å². The highest BCUT2D eigenvalue weighted by Gasteiger charge is 2.10. The maximum Gasteiger partial charge on any atom is 0.469 e. The fourth-order valence-electron chi connectivity index (χ4n) is 0.362. The van der Waals surface area contributed by atoms with E-state index in [-0.39, 0.29) is 24.7 Å². The maximum absolute atomic E-state index is 10.3. The summed E-state index contributed by atoms with van der Waals surface area (Å²) in [6.07, 6.45) is 2.54. The molecule has 0 aliphatic carbocycles. The minimum Gasteiger partial charge on any atom is -0.344 e. The molecule has 9 nitrogen and oxygen atoms in total. The predicted octanol–water partition coefficient (Wildman–Crippen LogP) is 0.754. The standard InChI is InChI=1S/C4H8O3S.C3H7O4P.2H3N/c1-3-4-8(5,6)7-2;1-2-3-7-8(4,5)6;;/h3H,1,4H2,2H3;2H,1,3H2,(H2,4,5,6);2*1H3. The van der Waals surface area contributed by atoms with Gasteiger partial charge in [-0.3, -0.25) is 8.71 Å². The first kappa shape index (κ1) is 26.1. The topological polar surface area (TPSA) is 180 Å². The van der Waals surface area contributed by atoms with Gasteiger partial charge in [0.1, 0.15) is 0 Å². The van der Waals surface area contributed by atoms with Crippen LogP contribution in [0, 0.1) is 0 Å². The second-order valence-corrected chi connectivity index (χ2v) is 5.28. The van der Waals surface area contributed by atoms with Crippen molar-refractivity contribution in [3.05, 3.63) is 25.3 Å². The second kappa shape index (κ2) is 12.9. The summed E-state index contributed by atoms with van der Waals surface area (Å²) in [6, 6.07) is 0. The zero-order valence-electron chi connectivity index (χ0n) is 10.2. The predicted molar refractivity (Wildman–Crippen MR) is 69.2 cm³/mol. The largest absolute Gasteiger partial charge is 0.469 e. The summed E-state index contributed by atoms with van der Waals surface area (Å²) in [5, 5.41) is 0. The van der Waals surface area contributed by atoms with Crippen molar-refractivity contribution in [2.24, 2.45) is 0 Å². The van der Waals surface area contributed by atoms with E-state index in [0.29, 0.717) is 0 Å². The summed E-state index contributed by atoms with van der Waals surface area (Å²) in [6.45, 7) is 6.31. The van der Waals surface area contributed by atoms with Crippen LogP contribution in [0.3, 0.4) is 0 Å². The van der Waals surface area contributed by atoms with Crippen LogP contribution in [0.15, 0.2) is 25.3 Å². The van der Waals surface area contributed by atoms with Crippen molar-refractivity contribution in [3.63, 3.8) is 0 Å². The summed E-state index contributed by atoms with van der Waals surface area (Å²) in [5.41, 5.74) is 0. The van der Waals surface area contributed by atoms with Crippen LogP contribution in [0.2, 0.25) is 0 Å². The Morgan fingerprint density at radius 1 is 1.22 bits per heavy atom. The number of hydrogen-bond acceptors (Lipinski definition) is 7. The molecular formula is C7H21N2O7PS. The van der Waals surface area contributed by atoms with E-state index in [1.54, 1.807) is 0 Å². The van der Waals surface area contributed by atoms with Crippen molar-refractivity contribution in [3.8, 4) is 0 Å². The van der Waals surface area contributed by atoms with Crippen LogP contribution >= 0.6 is 7.82 Å². The monoisotopic (exact) mass is 308 g/mol. The van der Waals surface area contributed by atoms with Gasteiger partial charge in [0.25, 0.3) is 10.1 Å². The van der Waals surface area contributed by atoms with Gasteiger partial charge >= 0.3 is 7.82 Å². The first-order valence-corrected chi connectivity index (χ1v) is 6.99. The molecule has 18 heavy (non-hydrogen) atoms. The fourth-order valence-corrected chi connectivity index (χ4v) is 1.09. The molecule has 0 radical (unpaired) electrons. The van der Waals surface area contributed by atoms with Crippen LogP contribution in [0.1, 0.15) is 0 Å². The molecule has 0 fully saturated rings. The van der Waals surface area contributed by atoms with Crippen LogP contribution in [-0.4, -0.2) is 37.7 Å². The molecule has 0 aromatic carbocycles. The lowest BCUT2D eigenvalue weighted by atomic mass is 10.7. The van der Waals surface area contributed by atoms with Gasteiger partial charge < -0.3 is 22.1 Å². The molecule has 112 valence electrons. The lowest BCUT2D eigenvalue weighted by Gasteiger charge is -1.98. The van der Waals surface area contributed by atoms with Gasteiger partial charge in [0.2, 0.25) is 0 Å². The second-order valence-electron chi connectivity index (χ2n) is 2.25. The molecule has 0 heterocycles. The third kappa shape index (κ3) is 24.6. The van der Waals surface area contributed by atoms with E-state index >= 15 is 0 Å². The molecule has 0 saturated heterocycles. The van der Waals surface area contributed by atoms with Gasteiger partial charge in [0.05, 0.1) is 19.5 Å². The van der Waals surface area contributed by atoms with E-state index in [1.807, 2.05) is 0 Å². The smallest absolute Gasteiger partial charge is 0.344 e. The van der Waals surface area contributed by atoms with E-state index in [0.717, 1.165) is 7.11 Å². The quantitative estimate of drug-likeness (QED) is 0.312. The van der Waals surface area contributed by atoms with Gasteiger partial charge in [0.15, 0.2) is 0 Å². The zero-order chi connectivity index (χ0) is 13.2. The highest BCUT2D eigenvalue weighted by molar-refractivity contribution is 7.86. The van der Waals surface area contributed by atoms with Crippen LogP contribution in [0.4, 0.5) is 0 Å². The number of phosphoric acid groups is 1. The van der Waals surface area contributed by atoms with Crippen LogP contribution in [-0.2, 0) is 23.4 Å². The van der Waals surface area contributed by atoms with Crippen molar-refractivity contribution in [1.82, 2.24) is 12.3 Å². The number of phosphoric ester groups is 1. The highest BCUT2D eigenvalue weighted by Crippen LogP contribution is 2.35. The van der Waals surface area contributed by atoms with Crippen molar-refractivity contribution >= 4 is 17.9 Å². The molecule has 0 rings (SSSR count). The van der Waals surface area contributed by atoms with Gasteiger partial charge in [0, 0.05) is 0 Å². The number of hydrogen-bond donors (Lipinski definition) is 4. The van der Waals surface area contributed by atoms with Crippen molar-refractivity contribution < 1.29 is 31.5 Å². The van der Waals surface area contributed by atoms with Gasteiger partial charge in [-0.15, -0.1) is 13.2 Å². The summed E-state index contributed by atoms with van der Waals surface area (Å²) in [7, 11) is -6.42. The fraction of sp³-hybridized carbons (Fsp3) is 0.429. The lowest BCUT2D eigenvalue weighted by Crippen LogP contribution is -2.04. The third-order valence-electron chi connectivity index (χ3n) is 0.936. The summed E-state index contributed by atoms with van der Waals surface area (Å²) in [4.78, 5) is 16.0. The van der Waals surface area contributed by atoms with Crippen molar-refractivity contribution in [2.45, 2.75) is 0 Å². The molecule has 0 aliphatic heterocycles. The Morgan fingerprint density at radius 2 is 1.67 bits per heavy atom. The third-order valence-corrected chi connectivity index (χ3v) is 2.57. The van der Waals surface area contributed by atoms with Crippen LogP contribution < -0.4 is 12.3 Å². The molecule has 0 aromatic heterocycles. The molecule has 0 aliphatic rings. The Bertz CT molecular complexity index is 351. The molecule has 0 aromatic rings. The van der Waals surface area contributed by atoms with E-state index in [4.69, 9.17) is 9.79 Å². The summed E-state index contributed by atoms with van der Waals surface area (Å²) < 4.78 is 38.4. The van der Waals surface area contributed by atoms with Crippen molar-refractivity contribution in [2.75, 3.05) is 19.5 Å². The van der Waals surface area contributed by atoms with E-state index in [9.17, 15) is 13.0 Å². The maximum atomic E-state index is 10.3. The highest BCUT2D eigenvalue weighted by atomic mass is 32.2. The molecule has 0 amide bonds.